The number of hydrogen-bond acceptors (Lipinski definition) is 4. The topological polar surface area (TPSA) is 64.7 Å². The summed E-state index contributed by atoms with van der Waals surface area (Å²) in [6.07, 6.45) is -0.737. The Labute approximate surface area is 96.0 Å². The maximum Gasteiger partial charge on any atom is 0.131 e. The Morgan fingerprint density at radius 1 is 1.25 bits per heavy atom. The first kappa shape index (κ1) is 12.8. The zero-order valence-electron chi connectivity index (χ0n) is 10.2. The minimum absolute atomic E-state index is 0.346. The van der Waals surface area contributed by atoms with Gasteiger partial charge in [-0.3, -0.25) is 0 Å². The number of rotatable bonds is 4. The van der Waals surface area contributed by atoms with Crippen LogP contribution in [0.15, 0.2) is 12.1 Å². The first-order valence-electron chi connectivity index (χ1n) is 5.18. The zero-order valence-corrected chi connectivity index (χ0v) is 10.2. The Bertz CT molecular complexity index is 364. The first-order valence-corrected chi connectivity index (χ1v) is 5.18. The minimum Gasteiger partial charge on any atom is -0.496 e. The smallest absolute Gasteiger partial charge is 0.131 e. The number of aliphatic hydroxyl groups is 1. The molecule has 2 unspecified atom stereocenters. The molecule has 0 aliphatic carbocycles. The summed E-state index contributed by atoms with van der Waals surface area (Å²) < 4.78 is 10.5. The molecule has 0 saturated carbocycles. The molecule has 0 aliphatic rings. The van der Waals surface area contributed by atoms with Crippen LogP contribution in [0.5, 0.6) is 11.5 Å². The molecule has 0 spiro atoms. The van der Waals surface area contributed by atoms with Crippen LogP contribution in [0, 0.1) is 6.92 Å². The van der Waals surface area contributed by atoms with Gasteiger partial charge < -0.3 is 20.3 Å². The predicted molar refractivity (Wildman–Crippen MR) is 62.9 cm³/mol. The summed E-state index contributed by atoms with van der Waals surface area (Å²) in [7, 11) is 3.17. The van der Waals surface area contributed by atoms with Crippen molar-refractivity contribution in [3.05, 3.63) is 23.3 Å². The molecule has 0 heterocycles. The average molecular weight is 225 g/mol. The SMILES string of the molecule is COc1ccc(C(O)C(C)N)c(OC)c1C. The third-order valence-corrected chi connectivity index (χ3v) is 2.63. The van der Waals surface area contributed by atoms with Gasteiger partial charge in [0.25, 0.3) is 0 Å². The molecule has 1 aromatic carbocycles. The molecular formula is C12H19NO3. The molecule has 4 heteroatoms. The fraction of sp³-hybridized carbons (Fsp3) is 0.500. The first-order chi connectivity index (χ1) is 7.52. The number of benzene rings is 1. The molecule has 0 amide bonds. The van der Waals surface area contributed by atoms with E-state index < -0.39 is 6.10 Å². The van der Waals surface area contributed by atoms with Crippen LogP contribution in [0.1, 0.15) is 24.2 Å². The molecule has 1 rings (SSSR count). The van der Waals surface area contributed by atoms with Gasteiger partial charge in [0.15, 0.2) is 0 Å². The van der Waals surface area contributed by atoms with Crippen molar-refractivity contribution in [3.8, 4) is 11.5 Å². The van der Waals surface area contributed by atoms with E-state index in [0.29, 0.717) is 11.3 Å². The minimum atomic E-state index is -0.737. The summed E-state index contributed by atoms with van der Waals surface area (Å²) in [4.78, 5) is 0. The van der Waals surface area contributed by atoms with Gasteiger partial charge in [-0.05, 0) is 26.0 Å². The highest BCUT2D eigenvalue weighted by Gasteiger charge is 2.20. The highest BCUT2D eigenvalue weighted by atomic mass is 16.5. The van der Waals surface area contributed by atoms with Crippen LogP contribution in [-0.2, 0) is 0 Å². The van der Waals surface area contributed by atoms with E-state index in [1.54, 1.807) is 33.3 Å². The molecule has 0 radical (unpaired) electrons. The van der Waals surface area contributed by atoms with Crippen LogP contribution in [0.2, 0.25) is 0 Å². The lowest BCUT2D eigenvalue weighted by Crippen LogP contribution is -2.25. The molecule has 0 bridgehead atoms. The average Bonchev–Trinajstić information content (AvgIpc) is 2.27. The van der Waals surface area contributed by atoms with Gasteiger partial charge in [-0.1, -0.05) is 0 Å². The molecule has 16 heavy (non-hydrogen) atoms. The maximum absolute atomic E-state index is 9.95. The normalized spacial score (nSPS) is 14.4. The van der Waals surface area contributed by atoms with Gasteiger partial charge in [0.05, 0.1) is 20.3 Å². The molecule has 1 aromatic rings. The molecule has 0 saturated heterocycles. The van der Waals surface area contributed by atoms with Crippen molar-refractivity contribution in [2.45, 2.75) is 26.0 Å². The van der Waals surface area contributed by atoms with E-state index in [-0.39, 0.29) is 6.04 Å². The van der Waals surface area contributed by atoms with E-state index in [9.17, 15) is 5.11 Å². The Balaban J connectivity index is 3.25. The second-order valence-corrected chi connectivity index (χ2v) is 3.82. The van der Waals surface area contributed by atoms with Gasteiger partial charge in [-0.15, -0.1) is 0 Å². The summed E-state index contributed by atoms with van der Waals surface area (Å²) >= 11 is 0. The fourth-order valence-electron chi connectivity index (χ4n) is 1.70. The van der Waals surface area contributed by atoms with Gasteiger partial charge in [0, 0.05) is 17.2 Å². The van der Waals surface area contributed by atoms with Crippen LogP contribution >= 0.6 is 0 Å². The Morgan fingerprint density at radius 3 is 2.31 bits per heavy atom. The molecule has 90 valence electrons. The van der Waals surface area contributed by atoms with E-state index in [1.165, 1.54) is 0 Å². The highest BCUT2D eigenvalue weighted by Crippen LogP contribution is 2.35. The molecule has 0 aliphatic heterocycles. The highest BCUT2D eigenvalue weighted by molar-refractivity contribution is 5.50. The summed E-state index contributed by atoms with van der Waals surface area (Å²) in [6.45, 7) is 3.64. The van der Waals surface area contributed by atoms with Crippen molar-refractivity contribution < 1.29 is 14.6 Å². The number of hydrogen-bond donors (Lipinski definition) is 2. The fourth-order valence-corrected chi connectivity index (χ4v) is 1.70. The third-order valence-electron chi connectivity index (χ3n) is 2.63. The zero-order chi connectivity index (χ0) is 12.3. The summed E-state index contributed by atoms with van der Waals surface area (Å²) in [5, 5.41) is 9.95. The van der Waals surface area contributed by atoms with Crippen molar-refractivity contribution in [2.75, 3.05) is 14.2 Å². The standard InChI is InChI=1S/C12H19NO3/c1-7-10(15-3)6-5-9(12(7)16-4)11(14)8(2)13/h5-6,8,11,14H,13H2,1-4H3. The van der Waals surface area contributed by atoms with E-state index in [4.69, 9.17) is 15.2 Å². The number of methoxy groups -OCH3 is 2. The second kappa shape index (κ2) is 5.18. The van der Waals surface area contributed by atoms with E-state index in [0.717, 1.165) is 11.3 Å². The quantitative estimate of drug-likeness (QED) is 0.812. The summed E-state index contributed by atoms with van der Waals surface area (Å²) in [6, 6.07) is 3.24. The van der Waals surface area contributed by atoms with Crippen LogP contribution in [0.25, 0.3) is 0 Å². The molecule has 0 fully saturated rings. The van der Waals surface area contributed by atoms with Crippen molar-refractivity contribution in [1.29, 1.82) is 0 Å². The number of nitrogens with two attached hydrogens (primary N) is 1. The van der Waals surface area contributed by atoms with Gasteiger partial charge in [0.2, 0.25) is 0 Å². The molecule has 3 N–H and O–H groups in total. The predicted octanol–water partition coefficient (Wildman–Crippen LogP) is 1.39. The van der Waals surface area contributed by atoms with E-state index in [1.807, 2.05) is 6.92 Å². The lowest BCUT2D eigenvalue weighted by molar-refractivity contribution is 0.149. The van der Waals surface area contributed by atoms with Gasteiger partial charge in [-0.2, -0.15) is 0 Å². The van der Waals surface area contributed by atoms with Crippen LogP contribution in [-0.4, -0.2) is 25.4 Å². The van der Waals surface area contributed by atoms with E-state index >= 15 is 0 Å². The third kappa shape index (κ3) is 2.28. The van der Waals surface area contributed by atoms with Crippen LogP contribution < -0.4 is 15.2 Å². The largest absolute Gasteiger partial charge is 0.496 e. The summed E-state index contributed by atoms with van der Waals surface area (Å²) in [5.41, 5.74) is 7.23. The van der Waals surface area contributed by atoms with Crippen LogP contribution in [0.4, 0.5) is 0 Å². The molecular weight excluding hydrogens is 206 g/mol. The Hall–Kier alpha value is -1.26. The van der Waals surface area contributed by atoms with Crippen molar-refractivity contribution in [2.24, 2.45) is 5.73 Å². The molecule has 0 aromatic heterocycles. The Morgan fingerprint density at radius 2 is 1.88 bits per heavy atom. The lowest BCUT2D eigenvalue weighted by atomic mass is 10.00. The lowest BCUT2D eigenvalue weighted by Gasteiger charge is -2.20. The van der Waals surface area contributed by atoms with Crippen molar-refractivity contribution in [3.63, 3.8) is 0 Å². The molecule has 4 nitrogen and oxygen atoms in total. The maximum atomic E-state index is 9.95. The summed E-state index contributed by atoms with van der Waals surface area (Å²) in [5.74, 6) is 1.36. The Kier molecular flexibility index (Phi) is 4.15. The van der Waals surface area contributed by atoms with Crippen molar-refractivity contribution in [1.82, 2.24) is 0 Å². The monoisotopic (exact) mass is 225 g/mol. The van der Waals surface area contributed by atoms with Crippen LogP contribution in [0.3, 0.4) is 0 Å². The van der Waals surface area contributed by atoms with Gasteiger partial charge >= 0.3 is 0 Å². The number of ether oxygens (including phenoxy) is 2. The second-order valence-electron chi connectivity index (χ2n) is 3.82. The van der Waals surface area contributed by atoms with E-state index in [2.05, 4.69) is 0 Å². The molecule has 2 atom stereocenters. The van der Waals surface area contributed by atoms with Gasteiger partial charge in [0.1, 0.15) is 11.5 Å². The van der Waals surface area contributed by atoms with Gasteiger partial charge in [-0.25, -0.2) is 0 Å². The number of aliphatic hydroxyl groups excluding tert-OH is 1. The van der Waals surface area contributed by atoms with Crippen molar-refractivity contribution >= 4 is 0 Å².